The number of aromatic nitrogens is 3. The van der Waals surface area contributed by atoms with Crippen LogP contribution in [0.3, 0.4) is 0 Å². The van der Waals surface area contributed by atoms with Crippen molar-refractivity contribution in [1.82, 2.24) is 19.4 Å². The lowest BCUT2D eigenvalue weighted by atomic mass is 10.0. The molecule has 0 radical (unpaired) electrons. The van der Waals surface area contributed by atoms with Gasteiger partial charge in [0.1, 0.15) is 18.2 Å². The molecule has 0 unspecified atom stereocenters. The van der Waals surface area contributed by atoms with Crippen LogP contribution >= 0.6 is 11.6 Å². The smallest absolute Gasteiger partial charge is 0.220 e. The minimum Gasteiger partial charge on any atom is -0.487 e. The Bertz CT molecular complexity index is 1320. The summed E-state index contributed by atoms with van der Waals surface area (Å²) in [7, 11) is 0. The third-order valence-corrected chi connectivity index (χ3v) is 6.23. The number of amides is 1. The molecule has 1 aliphatic heterocycles. The van der Waals surface area contributed by atoms with Gasteiger partial charge in [-0.3, -0.25) is 4.79 Å². The lowest BCUT2D eigenvalue weighted by molar-refractivity contribution is -0.121. The quantitative estimate of drug-likeness (QED) is 0.356. The molecule has 0 bridgehead atoms. The molecule has 0 fully saturated rings. The number of carbonyl (C=O) groups is 1. The Labute approximate surface area is 202 Å². The number of imidazole rings is 1. The highest BCUT2D eigenvalue weighted by molar-refractivity contribution is 6.32. The molecule has 0 saturated heterocycles. The first-order chi connectivity index (χ1) is 16.6. The van der Waals surface area contributed by atoms with Gasteiger partial charge in [0, 0.05) is 49.2 Å². The Morgan fingerprint density at radius 3 is 2.91 bits per heavy atom. The highest BCUT2D eigenvalue weighted by Gasteiger charge is 2.26. The number of rotatable bonds is 8. The van der Waals surface area contributed by atoms with Crippen molar-refractivity contribution < 1.29 is 13.9 Å². The Morgan fingerprint density at radius 2 is 2.09 bits per heavy atom. The first kappa shape index (κ1) is 22.2. The fraction of sp³-hybridized carbons (Fsp3) is 0.231. The second-order valence-electron chi connectivity index (χ2n) is 8.23. The minimum atomic E-state index is -0.400. The largest absolute Gasteiger partial charge is 0.487 e. The molecule has 2 aromatic carbocycles. The zero-order valence-electron chi connectivity index (χ0n) is 18.5. The topological polar surface area (TPSA) is 61.1 Å². The highest BCUT2D eigenvalue weighted by Crippen LogP contribution is 2.43. The van der Waals surface area contributed by atoms with Crippen molar-refractivity contribution in [2.24, 2.45) is 0 Å². The van der Waals surface area contributed by atoms with Gasteiger partial charge in [-0.15, -0.1) is 0 Å². The van der Waals surface area contributed by atoms with Crippen LogP contribution < -0.4 is 10.1 Å². The van der Waals surface area contributed by atoms with Crippen LogP contribution in [0.1, 0.15) is 24.1 Å². The molecule has 6 nitrogen and oxygen atoms in total. The summed E-state index contributed by atoms with van der Waals surface area (Å²) in [6.07, 6.45) is 7.02. The second kappa shape index (κ2) is 9.73. The van der Waals surface area contributed by atoms with Crippen molar-refractivity contribution in [3.05, 3.63) is 89.3 Å². The van der Waals surface area contributed by atoms with E-state index in [0.717, 1.165) is 41.2 Å². The summed E-state index contributed by atoms with van der Waals surface area (Å²) in [4.78, 5) is 16.5. The average molecular weight is 479 g/mol. The van der Waals surface area contributed by atoms with Crippen LogP contribution in [0.15, 0.2) is 67.3 Å². The van der Waals surface area contributed by atoms with Gasteiger partial charge in [0.05, 0.1) is 22.7 Å². The summed E-state index contributed by atoms with van der Waals surface area (Å²) in [5.74, 6) is 0.306. The molecular weight excluding hydrogens is 455 g/mol. The maximum atomic E-state index is 13.8. The lowest BCUT2D eigenvalue weighted by Crippen LogP contribution is -2.25. The van der Waals surface area contributed by atoms with E-state index in [2.05, 4.69) is 10.3 Å². The zero-order chi connectivity index (χ0) is 23.5. The van der Waals surface area contributed by atoms with E-state index in [-0.39, 0.29) is 5.91 Å². The van der Waals surface area contributed by atoms with Crippen LogP contribution in [0.2, 0.25) is 5.02 Å². The van der Waals surface area contributed by atoms with Crippen molar-refractivity contribution in [1.29, 1.82) is 0 Å². The van der Waals surface area contributed by atoms with Gasteiger partial charge in [-0.1, -0.05) is 35.9 Å². The molecule has 0 atom stereocenters. The maximum Gasteiger partial charge on any atom is 0.220 e. The summed E-state index contributed by atoms with van der Waals surface area (Å²) in [5, 5.41) is 3.28. The van der Waals surface area contributed by atoms with Gasteiger partial charge in [-0.05, 0) is 36.6 Å². The van der Waals surface area contributed by atoms with E-state index in [9.17, 15) is 9.18 Å². The third-order valence-electron chi connectivity index (χ3n) is 5.93. The normalized spacial score (nSPS) is 12.1. The van der Waals surface area contributed by atoms with Crippen LogP contribution in [-0.2, 0) is 24.4 Å². The predicted octanol–water partition coefficient (Wildman–Crippen LogP) is 5.16. The molecule has 3 heterocycles. The van der Waals surface area contributed by atoms with E-state index in [1.54, 1.807) is 18.6 Å². The van der Waals surface area contributed by atoms with Crippen LogP contribution in [-0.4, -0.2) is 26.6 Å². The summed E-state index contributed by atoms with van der Waals surface area (Å²) < 4.78 is 23.8. The van der Waals surface area contributed by atoms with E-state index in [0.29, 0.717) is 36.7 Å². The van der Waals surface area contributed by atoms with E-state index < -0.39 is 5.82 Å². The predicted molar refractivity (Wildman–Crippen MR) is 129 cm³/mol. The Morgan fingerprint density at radius 1 is 1.21 bits per heavy atom. The van der Waals surface area contributed by atoms with Gasteiger partial charge in [0.15, 0.2) is 0 Å². The number of fused-ring (bicyclic) bond motifs is 3. The fourth-order valence-corrected chi connectivity index (χ4v) is 4.55. The van der Waals surface area contributed by atoms with Crippen molar-refractivity contribution in [3.8, 4) is 22.7 Å². The number of hydrogen-bond donors (Lipinski definition) is 1. The molecule has 0 aliphatic carbocycles. The molecule has 0 saturated carbocycles. The van der Waals surface area contributed by atoms with Gasteiger partial charge >= 0.3 is 0 Å². The van der Waals surface area contributed by atoms with Crippen LogP contribution in [0, 0.1) is 5.82 Å². The number of aryl methyl sites for hydroxylation is 2. The van der Waals surface area contributed by atoms with Gasteiger partial charge in [0.2, 0.25) is 5.91 Å². The van der Waals surface area contributed by atoms with Crippen LogP contribution in [0.25, 0.3) is 16.9 Å². The molecule has 1 N–H and O–H groups in total. The molecular formula is C26H24ClFN4O2. The van der Waals surface area contributed by atoms with E-state index in [1.165, 1.54) is 12.1 Å². The van der Waals surface area contributed by atoms with Crippen molar-refractivity contribution >= 4 is 17.5 Å². The lowest BCUT2D eigenvalue weighted by Gasteiger charge is -2.21. The highest BCUT2D eigenvalue weighted by atomic mass is 35.5. The molecule has 4 aromatic rings. The number of hydrogen-bond acceptors (Lipinski definition) is 3. The molecule has 2 aromatic heterocycles. The fourth-order valence-electron chi connectivity index (χ4n) is 4.29. The zero-order valence-corrected chi connectivity index (χ0v) is 19.3. The molecule has 174 valence electrons. The number of benzene rings is 2. The van der Waals surface area contributed by atoms with Gasteiger partial charge < -0.3 is 19.2 Å². The summed E-state index contributed by atoms with van der Waals surface area (Å²) >= 11 is 6.46. The van der Waals surface area contributed by atoms with Gasteiger partial charge in [0.25, 0.3) is 0 Å². The maximum absolute atomic E-state index is 13.8. The molecule has 0 spiro atoms. The number of halogens is 2. The van der Waals surface area contributed by atoms with E-state index in [4.69, 9.17) is 16.3 Å². The molecule has 34 heavy (non-hydrogen) atoms. The Kier molecular flexibility index (Phi) is 6.36. The van der Waals surface area contributed by atoms with Crippen molar-refractivity contribution in [2.45, 2.75) is 32.4 Å². The number of nitrogens with zero attached hydrogens (tertiary/aromatic N) is 3. The van der Waals surface area contributed by atoms with E-state index >= 15 is 0 Å². The average Bonchev–Trinajstić information content (AvgIpc) is 3.48. The summed E-state index contributed by atoms with van der Waals surface area (Å²) in [6.45, 7) is 1.87. The number of ether oxygens (including phenoxy) is 1. The van der Waals surface area contributed by atoms with Crippen LogP contribution in [0.5, 0.6) is 5.75 Å². The van der Waals surface area contributed by atoms with Gasteiger partial charge in [-0.25, -0.2) is 9.37 Å². The SMILES string of the molecule is O=C(CCc1cc2c(n1-c1ccc(F)cc1Cl)-c1ccccc1CO2)NCCCn1ccnc1. The van der Waals surface area contributed by atoms with Crippen LogP contribution in [0.4, 0.5) is 4.39 Å². The van der Waals surface area contributed by atoms with E-state index in [1.807, 2.05) is 45.7 Å². The minimum absolute atomic E-state index is 0.0251. The monoisotopic (exact) mass is 478 g/mol. The molecule has 1 amide bonds. The van der Waals surface area contributed by atoms with Crippen molar-refractivity contribution in [3.63, 3.8) is 0 Å². The first-order valence-corrected chi connectivity index (χ1v) is 11.6. The molecule has 1 aliphatic rings. The summed E-state index contributed by atoms with van der Waals surface area (Å²) in [5.41, 5.74) is 4.50. The number of carbonyl (C=O) groups excluding carboxylic acids is 1. The Hall–Kier alpha value is -3.58. The second-order valence-corrected chi connectivity index (χ2v) is 8.64. The van der Waals surface area contributed by atoms with Gasteiger partial charge in [-0.2, -0.15) is 0 Å². The standard InChI is InChI=1S/C26H24ClFN4O2/c27-22-14-19(28)6-8-23(22)32-20(7-9-25(33)30-10-3-12-31-13-11-29-17-31)15-24-26(32)21-5-2-1-4-18(21)16-34-24/h1-2,4-6,8,11,13-15,17H,3,7,9-10,12,16H2,(H,30,33). The molecule has 8 heteroatoms. The summed E-state index contributed by atoms with van der Waals surface area (Å²) in [6, 6.07) is 14.3. The number of nitrogens with one attached hydrogen (secondary N) is 1. The van der Waals surface area contributed by atoms with Crippen molar-refractivity contribution in [2.75, 3.05) is 6.54 Å². The molecule has 5 rings (SSSR count). The third kappa shape index (κ3) is 4.56. The Balaban J connectivity index is 1.37. The first-order valence-electron chi connectivity index (χ1n) is 11.2.